The first kappa shape index (κ1) is 18.0. The summed E-state index contributed by atoms with van der Waals surface area (Å²) < 4.78 is 29.2. The number of ketones is 1. The van der Waals surface area contributed by atoms with Crippen LogP contribution in [0.15, 0.2) is 36.4 Å². The normalized spacial score (nSPS) is 14.4. The van der Waals surface area contributed by atoms with Crippen LogP contribution in [0.1, 0.15) is 42.4 Å². The average molecular weight is 378 g/mol. The fourth-order valence-corrected chi connectivity index (χ4v) is 3.56. The zero-order chi connectivity index (χ0) is 20.1. The molecule has 4 rings (SSSR count). The minimum atomic E-state index is -3.25. The lowest BCUT2D eigenvalue weighted by Crippen LogP contribution is -2.10. The van der Waals surface area contributed by atoms with Crippen LogP contribution in [-0.4, -0.2) is 20.4 Å². The number of hydrogen-bond donors (Lipinski definition) is 0. The predicted molar refractivity (Wildman–Crippen MR) is 99.7 cm³/mol. The molecule has 28 heavy (non-hydrogen) atoms. The molecule has 0 spiro atoms. The molecule has 1 aliphatic rings. The number of rotatable bonds is 3. The number of nitrogens with zero attached hydrogens (tertiary/aromatic N) is 4. The van der Waals surface area contributed by atoms with Crippen LogP contribution < -0.4 is 0 Å². The fourth-order valence-electron chi connectivity index (χ4n) is 3.56. The van der Waals surface area contributed by atoms with Crippen LogP contribution >= 0.6 is 0 Å². The highest BCUT2D eigenvalue weighted by molar-refractivity contribution is 6.03. The Balaban J connectivity index is 2.18. The summed E-state index contributed by atoms with van der Waals surface area (Å²) in [6.07, 6.45) is 2.37. The van der Waals surface area contributed by atoms with Crippen LogP contribution in [0.2, 0.25) is 0 Å². The number of hydrogen-bond acceptors (Lipinski definition) is 4. The summed E-state index contributed by atoms with van der Waals surface area (Å²) in [6.45, 7) is 2.48. The van der Waals surface area contributed by atoms with E-state index in [2.05, 4.69) is 16.2 Å². The van der Waals surface area contributed by atoms with E-state index in [9.17, 15) is 18.8 Å². The van der Waals surface area contributed by atoms with Crippen LogP contribution in [0.25, 0.3) is 22.3 Å². The number of aromatic nitrogens is 3. The van der Waals surface area contributed by atoms with Crippen molar-refractivity contribution in [3.8, 4) is 17.2 Å². The first-order valence-electron chi connectivity index (χ1n) is 8.82. The van der Waals surface area contributed by atoms with Crippen LogP contribution in [0.3, 0.4) is 0 Å². The van der Waals surface area contributed by atoms with Crippen molar-refractivity contribution in [3.63, 3.8) is 0 Å². The van der Waals surface area contributed by atoms with Crippen molar-refractivity contribution in [2.45, 2.75) is 32.6 Å². The van der Waals surface area contributed by atoms with Crippen molar-refractivity contribution in [2.75, 3.05) is 0 Å². The molecular formula is C21H16F2N4O. The largest absolute Gasteiger partial charge is 0.305 e. The minimum Gasteiger partial charge on any atom is -0.295 e. The maximum absolute atomic E-state index is 13.9. The molecular weight excluding hydrogens is 362 g/mol. The number of fused-ring (bicyclic) bond motifs is 1. The van der Waals surface area contributed by atoms with E-state index in [4.69, 9.17) is 0 Å². The van der Waals surface area contributed by atoms with Gasteiger partial charge in [0, 0.05) is 18.9 Å². The minimum absolute atomic E-state index is 0.0228. The maximum Gasteiger partial charge on any atom is 0.305 e. The molecule has 5 nitrogen and oxygen atoms in total. The van der Waals surface area contributed by atoms with E-state index in [-0.39, 0.29) is 17.0 Å². The summed E-state index contributed by atoms with van der Waals surface area (Å²) in [5, 5.41) is 13.8. The van der Waals surface area contributed by atoms with Gasteiger partial charge in [0.15, 0.2) is 11.4 Å². The molecule has 0 aliphatic heterocycles. The van der Waals surface area contributed by atoms with Crippen LogP contribution in [0.4, 0.5) is 8.78 Å². The van der Waals surface area contributed by atoms with Gasteiger partial charge in [0.2, 0.25) is 5.82 Å². The Morgan fingerprint density at radius 3 is 2.50 bits per heavy atom. The molecule has 3 aromatic rings. The van der Waals surface area contributed by atoms with E-state index in [0.717, 1.165) is 12.5 Å². The monoisotopic (exact) mass is 378 g/mol. The summed E-state index contributed by atoms with van der Waals surface area (Å²) >= 11 is 0. The number of carbonyl (C=O) groups excluding carboxylic acids is 1. The smallest absolute Gasteiger partial charge is 0.295 e. The van der Waals surface area contributed by atoms with E-state index in [1.54, 1.807) is 6.92 Å². The van der Waals surface area contributed by atoms with Gasteiger partial charge in [0.1, 0.15) is 11.6 Å². The second-order valence-corrected chi connectivity index (χ2v) is 6.90. The van der Waals surface area contributed by atoms with E-state index in [1.807, 2.05) is 30.3 Å². The van der Waals surface area contributed by atoms with E-state index in [1.165, 1.54) is 10.6 Å². The topological polar surface area (TPSA) is 71.1 Å². The van der Waals surface area contributed by atoms with Gasteiger partial charge in [-0.2, -0.15) is 14.0 Å². The van der Waals surface area contributed by atoms with Crippen molar-refractivity contribution in [3.05, 3.63) is 59.1 Å². The molecule has 0 bridgehead atoms. The van der Waals surface area contributed by atoms with Crippen molar-refractivity contribution in [1.29, 1.82) is 5.26 Å². The van der Waals surface area contributed by atoms with Crippen LogP contribution in [0.5, 0.6) is 0 Å². The SMILES string of the molecule is Cc1c(-c2ccccc2)c(C2=CC(=O)CC2)n2nc(C(C)(F)F)nc2c1C#N. The first-order valence-corrected chi connectivity index (χ1v) is 8.82. The van der Waals surface area contributed by atoms with Crippen molar-refractivity contribution < 1.29 is 13.6 Å². The zero-order valence-electron chi connectivity index (χ0n) is 15.3. The molecule has 1 aromatic carbocycles. The lowest BCUT2D eigenvalue weighted by atomic mass is 9.92. The highest BCUT2D eigenvalue weighted by Gasteiger charge is 2.33. The van der Waals surface area contributed by atoms with Gasteiger partial charge in [-0.15, -0.1) is 5.10 Å². The second kappa shape index (κ2) is 6.34. The molecule has 0 unspecified atom stereocenters. The second-order valence-electron chi connectivity index (χ2n) is 6.90. The zero-order valence-corrected chi connectivity index (χ0v) is 15.3. The van der Waals surface area contributed by atoms with Crippen LogP contribution in [0, 0.1) is 18.3 Å². The molecule has 0 radical (unpaired) electrons. The van der Waals surface area contributed by atoms with Gasteiger partial charge in [0.25, 0.3) is 0 Å². The molecule has 0 saturated heterocycles. The third-order valence-corrected chi connectivity index (χ3v) is 4.88. The van der Waals surface area contributed by atoms with Crippen LogP contribution in [-0.2, 0) is 10.7 Å². The van der Waals surface area contributed by atoms with Gasteiger partial charge in [-0.05, 0) is 36.1 Å². The van der Waals surface area contributed by atoms with Crippen molar-refractivity contribution in [2.24, 2.45) is 0 Å². The highest BCUT2D eigenvalue weighted by Crippen LogP contribution is 2.39. The Morgan fingerprint density at radius 1 is 1.21 bits per heavy atom. The third kappa shape index (κ3) is 2.78. The number of carbonyl (C=O) groups is 1. The fraction of sp³-hybridized carbons (Fsp3) is 0.238. The Kier molecular flexibility index (Phi) is 4.07. The van der Waals surface area contributed by atoms with Crippen molar-refractivity contribution in [1.82, 2.24) is 14.6 Å². The number of nitriles is 1. The molecule has 0 N–H and O–H groups in total. The highest BCUT2D eigenvalue weighted by atomic mass is 19.3. The lowest BCUT2D eigenvalue weighted by molar-refractivity contribution is -0.114. The summed E-state index contributed by atoms with van der Waals surface area (Å²) in [4.78, 5) is 15.9. The molecule has 140 valence electrons. The summed E-state index contributed by atoms with van der Waals surface area (Å²) in [5.41, 5.74) is 3.64. The Bertz CT molecular complexity index is 1180. The molecule has 7 heteroatoms. The average Bonchev–Trinajstić information content (AvgIpc) is 3.28. The predicted octanol–water partition coefficient (Wildman–Crippen LogP) is 4.43. The van der Waals surface area contributed by atoms with E-state index < -0.39 is 11.7 Å². The Hall–Kier alpha value is -3.40. The number of pyridine rings is 1. The number of halogens is 2. The standard InChI is InChI=1S/C21H16F2N4O/c1-12-16(11-24)19-25-20(21(2,22)23)26-27(19)18(14-8-9-15(28)10-14)17(12)13-6-4-3-5-7-13/h3-7,10H,8-9H2,1-2H3. The van der Waals surface area contributed by atoms with Crippen molar-refractivity contribution >= 4 is 17.0 Å². The number of alkyl halides is 2. The molecule has 2 heterocycles. The Labute approximate surface area is 159 Å². The Morgan fingerprint density at radius 2 is 1.93 bits per heavy atom. The van der Waals surface area contributed by atoms with Gasteiger partial charge >= 0.3 is 5.92 Å². The molecule has 0 atom stereocenters. The summed E-state index contributed by atoms with van der Waals surface area (Å²) in [6, 6.07) is 11.4. The number of allylic oxidation sites excluding steroid dienone is 2. The van der Waals surface area contributed by atoms with E-state index in [0.29, 0.717) is 35.2 Å². The van der Waals surface area contributed by atoms with Gasteiger partial charge in [-0.3, -0.25) is 4.79 Å². The molecule has 0 fully saturated rings. The van der Waals surface area contributed by atoms with Gasteiger partial charge in [-0.1, -0.05) is 30.3 Å². The van der Waals surface area contributed by atoms with Gasteiger partial charge in [-0.25, -0.2) is 9.50 Å². The number of benzene rings is 1. The maximum atomic E-state index is 13.9. The van der Waals surface area contributed by atoms with Gasteiger partial charge < -0.3 is 0 Å². The van der Waals surface area contributed by atoms with Gasteiger partial charge in [0.05, 0.1) is 5.69 Å². The molecule has 2 aromatic heterocycles. The molecule has 0 amide bonds. The first-order chi connectivity index (χ1) is 13.3. The quantitative estimate of drug-likeness (QED) is 0.676. The molecule has 1 aliphatic carbocycles. The summed E-state index contributed by atoms with van der Waals surface area (Å²) in [5.74, 6) is -3.93. The van der Waals surface area contributed by atoms with E-state index >= 15 is 0 Å². The molecule has 0 saturated carbocycles. The summed E-state index contributed by atoms with van der Waals surface area (Å²) in [7, 11) is 0. The lowest BCUT2D eigenvalue weighted by Gasteiger charge is -2.17. The third-order valence-electron chi connectivity index (χ3n) is 4.88.